The zero-order valence-electron chi connectivity index (χ0n) is 7.99. The van der Waals surface area contributed by atoms with Crippen LogP contribution in [-0.2, 0) is 4.79 Å². The maximum atomic E-state index is 10.8. The van der Waals surface area contributed by atoms with E-state index in [1.54, 1.807) is 0 Å². The molecule has 1 saturated heterocycles. The first-order valence-corrected chi connectivity index (χ1v) is 4.41. The third kappa shape index (κ3) is 1.99. The van der Waals surface area contributed by atoms with Gasteiger partial charge in [-0.1, -0.05) is 0 Å². The number of carbonyl (C=O) groups excluding carboxylic acids is 1. The zero-order chi connectivity index (χ0) is 10.1. The summed E-state index contributed by atoms with van der Waals surface area (Å²) in [6, 6.07) is 0. The molecule has 0 aliphatic carbocycles. The molecular weight excluding hydrogens is 170 g/mol. The molecule has 1 unspecified atom stereocenters. The topological polar surface area (TPSA) is 57.6 Å². The van der Waals surface area contributed by atoms with Crippen molar-refractivity contribution in [1.82, 2.24) is 4.90 Å². The first kappa shape index (κ1) is 10.0. The molecule has 1 atom stereocenters. The van der Waals surface area contributed by atoms with Gasteiger partial charge in [0.1, 0.15) is 6.29 Å². The van der Waals surface area contributed by atoms with Gasteiger partial charge in [-0.2, -0.15) is 0 Å². The number of hydrogen-bond donors (Lipinski definition) is 1. The fourth-order valence-electron chi connectivity index (χ4n) is 2.02. The molecule has 74 valence electrons. The van der Waals surface area contributed by atoms with Crippen molar-refractivity contribution in [2.45, 2.75) is 32.2 Å². The molecule has 4 heteroatoms. The quantitative estimate of drug-likeness (QED) is 0.661. The summed E-state index contributed by atoms with van der Waals surface area (Å²) < 4.78 is 0. The van der Waals surface area contributed by atoms with Gasteiger partial charge in [-0.3, -0.25) is 0 Å². The van der Waals surface area contributed by atoms with Gasteiger partial charge in [-0.25, -0.2) is 4.79 Å². The van der Waals surface area contributed by atoms with E-state index in [4.69, 9.17) is 5.11 Å². The third-order valence-electron chi connectivity index (χ3n) is 2.62. The molecule has 13 heavy (non-hydrogen) atoms. The predicted octanol–water partition coefficient (Wildman–Crippen LogP) is 1.35. The number of carbonyl (C=O) groups is 2. The van der Waals surface area contributed by atoms with Gasteiger partial charge in [0.25, 0.3) is 0 Å². The molecule has 1 N–H and O–H groups in total. The number of rotatable bonds is 2. The molecule has 0 aromatic rings. The van der Waals surface area contributed by atoms with E-state index in [0.717, 1.165) is 12.7 Å². The van der Waals surface area contributed by atoms with E-state index >= 15 is 0 Å². The van der Waals surface area contributed by atoms with Crippen LogP contribution in [0, 0.1) is 5.92 Å². The van der Waals surface area contributed by atoms with Crippen LogP contribution in [0.5, 0.6) is 0 Å². The number of carboxylic acid groups (broad SMARTS) is 1. The summed E-state index contributed by atoms with van der Waals surface area (Å²) in [6.45, 7) is 4.28. The SMILES string of the molecule is CC1(C)CC(CC=O)CN1C(=O)O. The second-order valence-electron chi connectivity index (χ2n) is 4.18. The summed E-state index contributed by atoms with van der Waals surface area (Å²) in [5.41, 5.74) is -0.320. The average molecular weight is 185 g/mol. The minimum absolute atomic E-state index is 0.198. The zero-order valence-corrected chi connectivity index (χ0v) is 7.99. The van der Waals surface area contributed by atoms with E-state index in [0.29, 0.717) is 13.0 Å². The van der Waals surface area contributed by atoms with Gasteiger partial charge >= 0.3 is 6.09 Å². The number of aldehydes is 1. The number of hydrogen-bond acceptors (Lipinski definition) is 2. The van der Waals surface area contributed by atoms with Crippen LogP contribution >= 0.6 is 0 Å². The van der Waals surface area contributed by atoms with Crippen molar-refractivity contribution >= 4 is 12.4 Å². The Morgan fingerprint density at radius 2 is 2.31 bits per heavy atom. The molecule has 1 aliphatic rings. The lowest BCUT2D eigenvalue weighted by molar-refractivity contribution is -0.108. The Kier molecular flexibility index (Phi) is 2.59. The van der Waals surface area contributed by atoms with Crippen molar-refractivity contribution in [2.75, 3.05) is 6.54 Å². The van der Waals surface area contributed by atoms with Gasteiger partial charge in [0.15, 0.2) is 0 Å². The first-order valence-electron chi connectivity index (χ1n) is 4.41. The standard InChI is InChI=1S/C9H15NO3/c1-9(2)5-7(3-4-11)6-10(9)8(12)13/h4,7H,3,5-6H2,1-2H3,(H,12,13). The highest BCUT2D eigenvalue weighted by Gasteiger charge is 2.40. The van der Waals surface area contributed by atoms with Gasteiger partial charge in [0.05, 0.1) is 0 Å². The highest BCUT2D eigenvalue weighted by atomic mass is 16.4. The summed E-state index contributed by atoms with van der Waals surface area (Å²) in [7, 11) is 0. The Labute approximate surface area is 77.5 Å². The molecule has 1 heterocycles. The van der Waals surface area contributed by atoms with E-state index in [9.17, 15) is 9.59 Å². The van der Waals surface area contributed by atoms with E-state index < -0.39 is 6.09 Å². The number of likely N-dealkylation sites (tertiary alicyclic amines) is 1. The van der Waals surface area contributed by atoms with Crippen molar-refractivity contribution in [3.8, 4) is 0 Å². The molecule has 0 radical (unpaired) electrons. The van der Waals surface area contributed by atoms with Crippen LogP contribution in [0.1, 0.15) is 26.7 Å². The van der Waals surface area contributed by atoms with Gasteiger partial charge < -0.3 is 14.8 Å². The molecule has 0 bridgehead atoms. The first-order chi connectivity index (χ1) is 5.97. The summed E-state index contributed by atoms with van der Waals surface area (Å²) in [5, 5.41) is 8.87. The largest absolute Gasteiger partial charge is 0.465 e. The monoisotopic (exact) mass is 185 g/mol. The third-order valence-corrected chi connectivity index (χ3v) is 2.62. The lowest BCUT2D eigenvalue weighted by atomic mass is 9.95. The van der Waals surface area contributed by atoms with Crippen LogP contribution in [0.3, 0.4) is 0 Å². The summed E-state index contributed by atoms with van der Waals surface area (Å²) in [4.78, 5) is 22.5. The Bertz CT molecular complexity index is 225. The fraction of sp³-hybridized carbons (Fsp3) is 0.778. The van der Waals surface area contributed by atoms with Crippen LogP contribution in [-0.4, -0.2) is 34.5 Å². The highest BCUT2D eigenvalue weighted by Crippen LogP contribution is 2.33. The highest BCUT2D eigenvalue weighted by molar-refractivity contribution is 5.66. The Balaban J connectivity index is 2.67. The van der Waals surface area contributed by atoms with Crippen LogP contribution in [0.4, 0.5) is 4.79 Å². The molecule has 0 aromatic carbocycles. The summed E-state index contributed by atoms with van der Waals surface area (Å²) >= 11 is 0. The van der Waals surface area contributed by atoms with E-state index in [1.807, 2.05) is 13.8 Å². The number of nitrogens with zero attached hydrogens (tertiary/aromatic N) is 1. The van der Waals surface area contributed by atoms with Crippen molar-refractivity contribution in [1.29, 1.82) is 0 Å². The molecule has 1 amide bonds. The Morgan fingerprint density at radius 3 is 2.69 bits per heavy atom. The fourth-order valence-corrected chi connectivity index (χ4v) is 2.02. The predicted molar refractivity (Wildman–Crippen MR) is 47.6 cm³/mol. The maximum Gasteiger partial charge on any atom is 0.407 e. The summed E-state index contributed by atoms with van der Waals surface area (Å²) in [6.07, 6.45) is 1.22. The van der Waals surface area contributed by atoms with Gasteiger partial charge in [-0.05, 0) is 26.2 Å². The maximum absolute atomic E-state index is 10.8. The van der Waals surface area contributed by atoms with E-state index in [2.05, 4.69) is 0 Å². The molecule has 4 nitrogen and oxygen atoms in total. The van der Waals surface area contributed by atoms with Gasteiger partial charge in [-0.15, -0.1) is 0 Å². The van der Waals surface area contributed by atoms with Crippen LogP contribution in [0.2, 0.25) is 0 Å². The lowest BCUT2D eigenvalue weighted by Crippen LogP contribution is -2.41. The minimum atomic E-state index is -0.890. The molecule has 1 rings (SSSR count). The lowest BCUT2D eigenvalue weighted by Gasteiger charge is -2.28. The van der Waals surface area contributed by atoms with Gasteiger partial charge in [0, 0.05) is 18.5 Å². The van der Waals surface area contributed by atoms with Crippen molar-refractivity contribution < 1.29 is 14.7 Å². The second-order valence-corrected chi connectivity index (χ2v) is 4.18. The second kappa shape index (κ2) is 3.36. The minimum Gasteiger partial charge on any atom is -0.465 e. The average Bonchev–Trinajstić information content (AvgIpc) is 2.26. The van der Waals surface area contributed by atoms with Crippen molar-refractivity contribution in [2.24, 2.45) is 5.92 Å². The molecule has 1 aliphatic heterocycles. The Morgan fingerprint density at radius 1 is 1.69 bits per heavy atom. The van der Waals surface area contributed by atoms with E-state index in [-0.39, 0.29) is 11.5 Å². The van der Waals surface area contributed by atoms with Crippen LogP contribution in [0.15, 0.2) is 0 Å². The van der Waals surface area contributed by atoms with Crippen LogP contribution in [0.25, 0.3) is 0 Å². The molecule has 1 fully saturated rings. The molecule has 0 saturated carbocycles. The van der Waals surface area contributed by atoms with Crippen molar-refractivity contribution in [3.63, 3.8) is 0 Å². The van der Waals surface area contributed by atoms with E-state index in [1.165, 1.54) is 4.90 Å². The summed E-state index contributed by atoms with van der Waals surface area (Å²) in [5.74, 6) is 0.198. The smallest absolute Gasteiger partial charge is 0.407 e. The van der Waals surface area contributed by atoms with Crippen molar-refractivity contribution in [3.05, 3.63) is 0 Å². The van der Waals surface area contributed by atoms with Crippen LogP contribution < -0.4 is 0 Å². The normalized spacial score (nSPS) is 26.0. The number of amides is 1. The molecule has 0 aromatic heterocycles. The molecule has 0 spiro atoms. The molecular formula is C9H15NO3. The Hall–Kier alpha value is -1.06. The van der Waals surface area contributed by atoms with Gasteiger partial charge in [0.2, 0.25) is 0 Å².